The lowest BCUT2D eigenvalue weighted by Crippen LogP contribution is -2.48. The Morgan fingerprint density at radius 2 is 2.22 bits per heavy atom. The van der Waals surface area contributed by atoms with Crippen molar-refractivity contribution in [3.8, 4) is 0 Å². The quantitative estimate of drug-likeness (QED) is 0.841. The molecule has 1 saturated heterocycles. The summed E-state index contributed by atoms with van der Waals surface area (Å²) in [6.45, 7) is 3.57. The summed E-state index contributed by atoms with van der Waals surface area (Å²) < 4.78 is 0. The largest absolute Gasteiger partial charge is 0.325 e. The van der Waals surface area contributed by atoms with Gasteiger partial charge in [0.2, 0.25) is 5.91 Å². The molecule has 18 heavy (non-hydrogen) atoms. The lowest BCUT2D eigenvalue weighted by atomic mass is 10.0. The number of benzene rings is 1. The summed E-state index contributed by atoms with van der Waals surface area (Å²) in [5.74, 6) is 0.181. The van der Waals surface area contributed by atoms with Crippen LogP contribution in [0.25, 0.3) is 10.9 Å². The van der Waals surface area contributed by atoms with E-state index in [1.54, 1.807) is 6.20 Å². The maximum absolute atomic E-state index is 12.0. The van der Waals surface area contributed by atoms with Gasteiger partial charge < -0.3 is 10.6 Å². The van der Waals surface area contributed by atoms with Crippen LogP contribution in [0.5, 0.6) is 0 Å². The van der Waals surface area contributed by atoms with Gasteiger partial charge in [-0.3, -0.25) is 9.78 Å². The molecule has 1 aliphatic heterocycles. The van der Waals surface area contributed by atoms with Crippen molar-refractivity contribution in [1.29, 1.82) is 0 Å². The first-order valence-corrected chi connectivity index (χ1v) is 6.11. The van der Waals surface area contributed by atoms with Crippen LogP contribution in [0.3, 0.4) is 0 Å². The number of aryl methyl sites for hydroxylation is 1. The van der Waals surface area contributed by atoms with Crippen LogP contribution in [0.4, 0.5) is 5.69 Å². The highest BCUT2D eigenvalue weighted by molar-refractivity contribution is 6.02. The van der Waals surface area contributed by atoms with Crippen LogP contribution in [0.2, 0.25) is 0 Å². The zero-order valence-corrected chi connectivity index (χ0v) is 10.2. The number of rotatable bonds is 2. The van der Waals surface area contributed by atoms with Crippen LogP contribution in [-0.4, -0.2) is 24.0 Å². The Morgan fingerprint density at radius 1 is 1.39 bits per heavy atom. The van der Waals surface area contributed by atoms with Gasteiger partial charge in [0.25, 0.3) is 0 Å². The molecule has 2 N–H and O–H groups in total. The number of hydrogen-bond donors (Lipinski definition) is 2. The predicted molar refractivity (Wildman–Crippen MR) is 71.5 cm³/mol. The Morgan fingerprint density at radius 3 is 2.94 bits per heavy atom. The summed E-state index contributed by atoms with van der Waals surface area (Å²) in [4.78, 5) is 16.3. The fourth-order valence-electron chi connectivity index (χ4n) is 2.13. The van der Waals surface area contributed by atoms with E-state index in [9.17, 15) is 4.79 Å². The lowest BCUT2D eigenvalue weighted by Gasteiger charge is -2.26. The van der Waals surface area contributed by atoms with E-state index >= 15 is 0 Å². The number of nitrogens with one attached hydrogen (secondary N) is 2. The van der Waals surface area contributed by atoms with Crippen molar-refractivity contribution in [3.63, 3.8) is 0 Å². The molecular formula is C14H15N3O. The first kappa shape index (κ1) is 11.2. The van der Waals surface area contributed by atoms with Gasteiger partial charge in [-0.15, -0.1) is 0 Å². The zero-order chi connectivity index (χ0) is 12.5. The SMILES string of the molecule is Cc1ccc(NC(=O)C2CNC2)c2cccnc12. The Hall–Kier alpha value is -1.94. The molecule has 2 heterocycles. The monoisotopic (exact) mass is 241 g/mol. The zero-order valence-electron chi connectivity index (χ0n) is 10.2. The number of pyridine rings is 1. The van der Waals surface area contributed by atoms with Crippen LogP contribution < -0.4 is 10.6 Å². The van der Waals surface area contributed by atoms with Gasteiger partial charge in [-0.25, -0.2) is 0 Å². The maximum Gasteiger partial charge on any atom is 0.230 e. The van der Waals surface area contributed by atoms with Crippen LogP contribution in [0.15, 0.2) is 30.5 Å². The molecule has 0 aliphatic carbocycles. The number of carbonyl (C=O) groups excluding carboxylic acids is 1. The molecule has 3 rings (SSSR count). The third-order valence-corrected chi connectivity index (χ3v) is 3.38. The van der Waals surface area contributed by atoms with Crippen LogP contribution in [0.1, 0.15) is 5.56 Å². The normalized spacial score (nSPS) is 15.4. The summed E-state index contributed by atoms with van der Waals surface area (Å²) in [6.07, 6.45) is 1.77. The van der Waals surface area contributed by atoms with E-state index in [0.29, 0.717) is 0 Å². The second-order valence-electron chi connectivity index (χ2n) is 4.67. The Labute approximate surface area is 105 Å². The summed E-state index contributed by atoms with van der Waals surface area (Å²) in [7, 11) is 0. The van der Waals surface area contributed by atoms with E-state index in [0.717, 1.165) is 35.2 Å². The molecule has 4 nitrogen and oxygen atoms in total. The Bertz CT molecular complexity index is 605. The van der Waals surface area contributed by atoms with Crippen LogP contribution >= 0.6 is 0 Å². The molecule has 0 spiro atoms. The van der Waals surface area contributed by atoms with Crippen LogP contribution in [0, 0.1) is 12.8 Å². The second kappa shape index (κ2) is 4.38. The van der Waals surface area contributed by atoms with Crippen molar-refractivity contribution in [1.82, 2.24) is 10.3 Å². The van der Waals surface area contributed by atoms with E-state index < -0.39 is 0 Å². The van der Waals surface area contributed by atoms with E-state index in [-0.39, 0.29) is 11.8 Å². The lowest BCUT2D eigenvalue weighted by molar-refractivity contribution is -0.121. The van der Waals surface area contributed by atoms with Crippen molar-refractivity contribution in [2.24, 2.45) is 5.92 Å². The smallest absolute Gasteiger partial charge is 0.230 e. The minimum absolute atomic E-state index is 0.0859. The molecule has 2 aromatic rings. The number of amides is 1. The fraction of sp³-hybridized carbons (Fsp3) is 0.286. The topological polar surface area (TPSA) is 54.0 Å². The molecule has 1 fully saturated rings. The summed E-state index contributed by atoms with van der Waals surface area (Å²) in [6, 6.07) is 7.82. The number of fused-ring (bicyclic) bond motifs is 1. The molecule has 0 unspecified atom stereocenters. The van der Waals surface area contributed by atoms with E-state index in [1.807, 2.05) is 31.2 Å². The molecule has 4 heteroatoms. The molecular weight excluding hydrogens is 226 g/mol. The second-order valence-corrected chi connectivity index (χ2v) is 4.67. The third-order valence-electron chi connectivity index (χ3n) is 3.38. The molecule has 1 aliphatic rings. The molecule has 0 saturated carbocycles. The predicted octanol–water partition coefficient (Wildman–Crippen LogP) is 1.70. The van der Waals surface area contributed by atoms with Crippen molar-refractivity contribution in [2.45, 2.75) is 6.92 Å². The van der Waals surface area contributed by atoms with Gasteiger partial charge in [0.1, 0.15) is 0 Å². The number of carbonyl (C=O) groups is 1. The molecule has 1 amide bonds. The molecule has 0 atom stereocenters. The summed E-state index contributed by atoms with van der Waals surface area (Å²) in [5, 5.41) is 7.09. The number of hydrogen-bond acceptors (Lipinski definition) is 3. The van der Waals surface area contributed by atoms with Gasteiger partial charge in [0, 0.05) is 24.7 Å². The molecule has 1 aromatic heterocycles. The number of aromatic nitrogens is 1. The summed E-state index contributed by atoms with van der Waals surface area (Å²) in [5.41, 5.74) is 2.91. The minimum Gasteiger partial charge on any atom is -0.325 e. The highest BCUT2D eigenvalue weighted by atomic mass is 16.2. The van der Waals surface area contributed by atoms with Crippen LogP contribution in [-0.2, 0) is 4.79 Å². The van der Waals surface area contributed by atoms with Gasteiger partial charge in [-0.1, -0.05) is 6.07 Å². The van der Waals surface area contributed by atoms with Crippen molar-refractivity contribution < 1.29 is 4.79 Å². The van der Waals surface area contributed by atoms with Crippen molar-refractivity contribution >= 4 is 22.5 Å². The average molecular weight is 241 g/mol. The van der Waals surface area contributed by atoms with Crippen molar-refractivity contribution in [3.05, 3.63) is 36.0 Å². The number of nitrogens with zero attached hydrogens (tertiary/aromatic N) is 1. The maximum atomic E-state index is 12.0. The summed E-state index contributed by atoms with van der Waals surface area (Å²) >= 11 is 0. The first-order chi connectivity index (χ1) is 8.75. The Balaban J connectivity index is 1.96. The third kappa shape index (κ3) is 1.84. The van der Waals surface area contributed by atoms with Gasteiger partial charge in [-0.2, -0.15) is 0 Å². The first-order valence-electron chi connectivity index (χ1n) is 6.11. The van der Waals surface area contributed by atoms with Gasteiger partial charge in [0.15, 0.2) is 0 Å². The standard InChI is InChI=1S/C14H15N3O/c1-9-4-5-12(11-3-2-6-16-13(9)11)17-14(18)10-7-15-8-10/h2-6,10,15H,7-8H2,1H3,(H,17,18). The van der Waals surface area contributed by atoms with Gasteiger partial charge in [0.05, 0.1) is 17.1 Å². The molecule has 92 valence electrons. The molecule has 1 aromatic carbocycles. The average Bonchev–Trinajstić information content (AvgIpc) is 2.31. The van der Waals surface area contributed by atoms with Crippen molar-refractivity contribution in [2.75, 3.05) is 18.4 Å². The van der Waals surface area contributed by atoms with Gasteiger partial charge >= 0.3 is 0 Å². The highest BCUT2D eigenvalue weighted by Gasteiger charge is 2.25. The van der Waals surface area contributed by atoms with Gasteiger partial charge in [-0.05, 0) is 30.7 Å². The molecule has 0 radical (unpaired) electrons. The number of anilines is 1. The minimum atomic E-state index is 0.0859. The van der Waals surface area contributed by atoms with E-state index in [1.165, 1.54) is 0 Å². The highest BCUT2D eigenvalue weighted by Crippen LogP contribution is 2.25. The Kier molecular flexibility index (Phi) is 2.72. The molecule has 0 bridgehead atoms. The van der Waals surface area contributed by atoms with E-state index in [4.69, 9.17) is 0 Å². The fourth-order valence-corrected chi connectivity index (χ4v) is 2.13. The van der Waals surface area contributed by atoms with E-state index in [2.05, 4.69) is 15.6 Å².